The van der Waals surface area contributed by atoms with Crippen molar-refractivity contribution < 1.29 is 9.53 Å². The van der Waals surface area contributed by atoms with E-state index in [0.29, 0.717) is 12.0 Å². The zero-order valence-electron chi connectivity index (χ0n) is 20.1. The Kier molecular flexibility index (Phi) is 7.02. The first-order valence-electron chi connectivity index (χ1n) is 12.3. The van der Waals surface area contributed by atoms with Crippen molar-refractivity contribution in [3.8, 4) is 17.6 Å². The number of hydrogen-bond acceptors (Lipinski definition) is 3. The second-order valence-corrected chi connectivity index (χ2v) is 9.22. The smallest absolute Gasteiger partial charge is 0.321 e. The van der Waals surface area contributed by atoms with E-state index in [-0.39, 0.29) is 6.03 Å². The maximum atomic E-state index is 13.1. The lowest BCUT2D eigenvalue weighted by Gasteiger charge is -2.51. The highest BCUT2D eigenvalue weighted by molar-refractivity contribution is 5.89. The lowest BCUT2D eigenvalue weighted by atomic mass is 9.81. The molecule has 5 heteroatoms. The highest BCUT2D eigenvalue weighted by Crippen LogP contribution is 2.36. The number of nitrogens with one attached hydrogen (secondary N) is 1. The molecule has 2 saturated heterocycles. The number of hydrogen-bond donors (Lipinski definition) is 1. The quantitative estimate of drug-likeness (QED) is 0.542. The topological polar surface area (TPSA) is 44.8 Å². The first-order chi connectivity index (χ1) is 17.2. The van der Waals surface area contributed by atoms with Gasteiger partial charge in [0.15, 0.2) is 0 Å². The molecule has 2 atom stereocenters. The van der Waals surface area contributed by atoms with Crippen molar-refractivity contribution in [2.45, 2.75) is 24.8 Å². The summed E-state index contributed by atoms with van der Waals surface area (Å²) in [7, 11) is 1.64. The molecule has 2 amide bonds. The number of rotatable bonds is 3. The van der Waals surface area contributed by atoms with Gasteiger partial charge in [-0.1, -0.05) is 42.2 Å². The molecule has 1 N–H and O–H groups in total. The Balaban J connectivity index is 1.24. The van der Waals surface area contributed by atoms with Crippen LogP contribution in [0.4, 0.5) is 10.5 Å². The number of amides is 2. The molecule has 2 aliphatic rings. The van der Waals surface area contributed by atoms with E-state index in [4.69, 9.17) is 4.74 Å². The van der Waals surface area contributed by atoms with Gasteiger partial charge in [-0.05, 0) is 73.5 Å². The molecule has 35 heavy (non-hydrogen) atoms. The van der Waals surface area contributed by atoms with Crippen LogP contribution in [0.3, 0.4) is 0 Å². The Labute approximate surface area is 207 Å². The second-order valence-electron chi connectivity index (χ2n) is 9.22. The number of ether oxygens (including phenoxy) is 1. The summed E-state index contributed by atoms with van der Waals surface area (Å²) >= 11 is 0. The number of methoxy groups -OCH3 is 1. The Morgan fingerprint density at radius 1 is 0.857 bits per heavy atom. The predicted molar refractivity (Wildman–Crippen MR) is 140 cm³/mol. The molecule has 2 fully saturated rings. The summed E-state index contributed by atoms with van der Waals surface area (Å²) in [5, 5.41) is 3.06. The number of carbonyl (C=O) groups excluding carboxylic acids is 1. The molecule has 178 valence electrons. The minimum Gasteiger partial charge on any atom is -0.497 e. The number of anilines is 1. The second kappa shape index (κ2) is 10.7. The molecule has 0 aromatic heterocycles. The molecular weight excluding hydrogens is 434 g/mol. The average molecular weight is 466 g/mol. The summed E-state index contributed by atoms with van der Waals surface area (Å²) < 4.78 is 5.21. The minimum atomic E-state index is -0.0331. The fraction of sp³-hybridized carbons (Fsp3) is 0.300. The van der Waals surface area contributed by atoms with Crippen LogP contribution < -0.4 is 10.1 Å². The van der Waals surface area contributed by atoms with Crippen LogP contribution in [0.1, 0.15) is 35.4 Å². The van der Waals surface area contributed by atoms with Crippen LogP contribution in [0.25, 0.3) is 0 Å². The lowest BCUT2D eigenvalue weighted by molar-refractivity contribution is 0.0272. The van der Waals surface area contributed by atoms with Crippen LogP contribution in [-0.4, -0.2) is 55.2 Å². The third-order valence-electron chi connectivity index (χ3n) is 6.99. The number of carbonyl (C=O) groups is 1. The molecule has 5 rings (SSSR count). The molecule has 3 aromatic rings. The fourth-order valence-electron chi connectivity index (χ4n) is 4.93. The van der Waals surface area contributed by atoms with E-state index in [9.17, 15) is 4.79 Å². The van der Waals surface area contributed by atoms with Crippen molar-refractivity contribution in [3.05, 3.63) is 95.6 Å². The Hall–Kier alpha value is -3.75. The summed E-state index contributed by atoms with van der Waals surface area (Å²) in [5.74, 6) is 7.70. The Morgan fingerprint density at radius 3 is 2.26 bits per heavy atom. The highest BCUT2D eigenvalue weighted by atomic mass is 16.5. The van der Waals surface area contributed by atoms with Crippen LogP contribution in [0.5, 0.6) is 5.75 Å². The van der Waals surface area contributed by atoms with E-state index in [1.165, 1.54) is 5.56 Å². The zero-order valence-corrected chi connectivity index (χ0v) is 20.1. The van der Waals surface area contributed by atoms with Gasteiger partial charge in [-0.15, -0.1) is 0 Å². The molecule has 0 radical (unpaired) electrons. The third-order valence-corrected chi connectivity index (χ3v) is 6.99. The van der Waals surface area contributed by atoms with Gasteiger partial charge in [-0.25, -0.2) is 4.79 Å². The van der Waals surface area contributed by atoms with E-state index in [0.717, 1.165) is 61.6 Å². The summed E-state index contributed by atoms with van der Waals surface area (Å²) in [4.78, 5) is 17.6. The normalized spacial score (nSPS) is 19.7. The van der Waals surface area contributed by atoms with E-state index >= 15 is 0 Å². The van der Waals surface area contributed by atoms with E-state index in [1.54, 1.807) is 7.11 Å². The van der Waals surface area contributed by atoms with Crippen molar-refractivity contribution in [1.82, 2.24) is 9.80 Å². The van der Waals surface area contributed by atoms with E-state index in [1.807, 2.05) is 59.5 Å². The van der Waals surface area contributed by atoms with Gasteiger partial charge in [0.2, 0.25) is 0 Å². The highest BCUT2D eigenvalue weighted by Gasteiger charge is 2.41. The molecule has 0 bridgehead atoms. The van der Waals surface area contributed by atoms with Gasteiger partial charge in [-0.2, -0.15) is 0 Å². The number of urea groups is 1. The largest absolute Gasteiger partial charge is 0.497 e. The molecular formula is C30H31N3O2. The predicted octanol–water partition coefficient (Wildman–Crippen LogP) is 5.19. The molecule has 2 heterocycles. The molecule has 3 aromatic carbocycles. The molecule has 0 saturated carbocycles. The van der Waals surface area contributed by atoms with E-state index in [2.05, 4.69) is 46.3 Å². The Bertz CT molecular complexity index is 1200. The zero-order chi connectivity index (χ0) is 24.0. The van der Waals surface area contributed by atoms with Crippen LogP contribution in [0, 0.1) is 11.8 Å². The van der Waals surface area contributed by atoms with Crippen molar-refractivity contribution >= 4 is 11.7 Å². The molecule has 5 nitrogen and oxygen atoms in total. The third kappa shape index (κ3) is 5.50. The standard InChI is InChI=1S/C30H31N3O2/c1-35-27-17-15-26(16-18-27)31-30(34)33-20-6-5-19-32-21-28(29(32)22-33)25-13-11-24(12-14-25)10-9-23-7-3-2-4-8-23/h2-4,7-8,11-18,28-29H,5-6,19-22H2,1H3,(H,31,34)/t28-,29+/m1/s1. The minimum absolute atomic E-state index is 0.0331. The molecule has 0 spiro atoms. The summed E-state index contributed by atoms with van der Waals surface area (Å²) in [5.41, 5.74) is 4.15. The first-order valence-corrected chi connectivity index (χ1v) is 12.3. The van der Waals surface area contributed by atoms with Crippen LogP contribution >= 0.6 is 0 Å². The van der Waals surface area contributed by atoms with Crippen molar-refractivity contribution in [2.24, 2.45) is 0 Å². The SMILES string of the molecule is COc1ccc(NC(=O)N2CCCCN3C[C@H](c4ccc(C#Cc5ccccc5)cc4)[C@@H]3C2)cc1. The van der Waals surface area contributed by atoms with Gasteiger partial charge in [0.25, 0.3) is 0 Å². The monoisotopic (exact) mass is 465 g/mol. The summed E-state index contributed by atoms with van der Waals surface area (Å²) in [6, 6.07) is 26.5. The van der Waals surface area contributed by atoms with Gasteiger partial charge < -0.3 is 15.0 Å². The van der Waals surface area contributed by atoms with Gasteiger partial charge >= 0.3 is 6.03 Å². The van der Waals surface area contributed by atoms with Crippen LogP contribution in [0.15, 0.2) is 78.9 Å². The van der Waals surface area contributed by atoms with Gasteiger partial charge in [0, 0.05) is 48.4 Å². The molecule has 0 aliphatic carbocycles. The maximum Gasteiger partial charge on any atom is 0.321 e. The van der Waals surface area contributed by atoms with Crippen LogP contribution in [0.2, 0.25) is 0 Å². The van der Waals surface area contributed by atoms with Gasteiger partial charge in [-0.3, -0.25) is 4.90 Å². The summed E-state index contributed by atoms with van der Waals surface area (Å²) in [6.07, 6.45) is 2.14. The van der Waals surface area contributed by atoms with Crippen molar-refractivity contribution in [2.75, 3.05) is 38.6 Å². The van der Waals surface area contributed by atoms with Gasteiger partial charge in [0.05, 0.1) is 7.11 Å². The van der Waals surface area contributed by atoms with Crippen molar-refractivity contribution in [3.63, 3.8) is 0 Å². The van der Waals surface area contributed by atoms with Crippen molar-refractivity contribution in [1.29, 1.82) is 0 Å². The van der Waals surface area contributed by atoms with Crippen LogP contribution in [-0.2, 0) is 0 Å². The number of nitrogens with zero attached hydrogens (tertiary/aromatic N) is 2. The molecule has 2 aliphatic heterocycles. The summed E-state index contributed by atoms with van der Waals surface area (Å²) in [6.45, 7) is 3.68. The van der Waals surface area contributed by atoms with Gasteiger partial charge in [0.1, 0.15) is 5.75 Å². The fourth-order valence-corrected chi connectivity index (χ4v) is 4.93. The first kappa shape index (κ1) is 23.0. The Morgan fingerprint density at radius 2 is 1.54 bits per heavy atom. The number of benzene rings is 3. The van der Waals surface area contributed by atoms with E-state index < -0.39 is 0 Å². The number of fused-ring (bicyclic) bond motifs is 1. The maximum absolute atomic E-state index is 13.1. The average Bonchev–Trinajstić information content (AvgIpc) is 2.88. The molecule has 0 unspecified atom stereocenters. The lowest BCUT2D eigenvalue weighted by Crippen LogP contribution is -2.61.